The van der Waals surface area contributed by atoms with E-state index in [0.717, 1.165) is 22.0 Å². The van der Waals surface area contributed by atoms with E-state index in [9.17, 15) is 9.90 Å². The monoisotopic (exact) mass is 266 g/mol. The van der Waals surface area contributed by atoms with E-state index in [1.165, 1.54) is 0 Å². The summed E-state index contributed by atoms with van der Waals surface area (Å²) in [6, 6.07) is 3.67. The predicted octanol–water partition coefficient (Wildman–Crippen LogP) is 2.89. The number of halogens is 1. The molecule has 0 atom stereocenters. The van der Waals surface area contributed by atoms with E-state index < -0.39 is 5.97 Å². The van der Waals surface area contributed by atoms with Crippen LogP contribution < -0.4 is 0 Å². The minimum atomic E-state index is -0.946. The van der Waals surface area contributed by atoms with Crippen LogP contribution in [0, 0.1) is 6.92 Å². The number of aromatic carboxylic acids is 1. The van der Waals surface area contributed by atoms with Crippen LogP contribution in [0.4, 0.5) is 0 Å². The van der Waals surface area contributed by atoms with Crippen molar-refractivity contribution in [2.45, 2.75) is 13.5 Å². The number of aromatic nitrogens is 1. The Kier molecular flexibility index (Phi) is 3.32. The first-order valence-corrected chi connectivity index (χ1v) is 5.97. The van der Waals surface area contributed by atoms with Gasteiger partial charge in [0, 0.05) is 22.5 Å². The van der Waals surface area contributed by atoms with Crippen molar-refractivity contribution in [3.05, 3.63) is 34.0 Å². The predicted molar refractivity (Wildman–Crippen MR) is 72.4 cm³/mol. The van der Waals surface area contributed by atoms with Crippen molar-refractivity contribution in [3.63, 3.8) is 0 Å². The lowest BCUT2D eigenvalue weighted by Gasteiger charge is -2.09. The van der Waals surface area contributed by atoms with Gasteiger partial charge in [-0.3, -0.25) is 0 Å². The molecule has 0 unspecified atom stereocenters. The third-order valence-corrected chi connectivity index (χ3v) is 3.37. The number of benzene rings is 1. The average Bonchev–Trinajstić information content (AvgIpc) is 2.63. The van der Waals surface area contributed by atoms with Gasteiger partial charge in [-0.25, -0.2) is 4.79 Å². The molecule has 0 aliphatic rings. The summed E-state index contributed by atoms with van der Waals surface area (Å²) in [5.41, 5.74) is 2.71. The molecule has 0 fully saturated rings. The summed E-state index contributed by atoms with van der Waals surface area (Å²) < 4.78 is 0. The van der Waals surface area contributed by atoms with Crippen molar-refractivity contribution < 1.29 is 9.90 Å². The van der Waals surface area contributed by atoms with E-state index in [-0.39, 0.29) is 5.69 Å². The second-order valence-electron chi connectivity index (χ2n) is 4.62. The van der Waals surface area contributed by atoms with Gasteiger partial charge in [-0.15, -0.1) is 0 Å². The average molecular weight is 267 g/mol. The molecule has 2 N–H and O–H groups in total. The number of fused-ring (bicyclic) bond motifs is 1. The number of carboxylic acid groups (broad SMARTS) is 1. The molecule has 0 radical (unpaired) electrons. The first-order chi connectivity index (χ1) is 8.41. The maximum Gasteiger partial charge on any atom is 0.352 e. The molecule has 1 aromatic carbocycles. The molecule has 1 aromatic heterocycles. The normalized spacial score (nSPS) is 11.4. The van der Waals surface area contributed by atoms with E-state index in [1.807, 2.05) is 32.0 Å². The smallest absolute Gasteiger partial charge is 0.352 e. The molecular weight excluding hydrogens is 252 g/mol. The number of hydrogen-bond acceptors (Lipinski definition) is 2. The number of H-pyrrole nitrogens is 1. The molecule has 2 aromatic rings. The molecule has 0 aliphatic carbocycles. The highest BCUT2D eigenvalue weighted by molar-refractivity contribution is 6.32. The first kappa shape index (κ1) is 12.9. The quantitative estimate of drug-likeness (QED) is 0.898. The molecule has 5 heteroatoms. The molecule has 0 spiro atoms. The Morgan fingerprint density at radius 1 is 1.44 bits per heavy atom. The van der Waals surface area contributed by atoms with E-state index in [1.54, 1.807) is 6.07 Å². The Morgan fingerprint density at radius 2 is 2.11 bits per heavy atom. The van der Waals surface area contributed by atoms with Gasteiger partial charge >= 0.3 is 5.97 Å². The first-order valence-electron chi connectivity index (χ1n) is 5.59. The number of nitrogens with one attached hydrogen (secondary N) is 1. The molecular formula is C13H15ClN2O2. The van der Waals surface area contributed by atoms with Gasteiger partial charge in [0.2, 0.25) is 0 Å². The molecule has 4 nitrogen and oxygen atoms in total. The summed E-state index contributed by atoms with van der Waals surface area (Å²) in [6.45, 7) is 2.45. The number of aromatic amines is 1. The van der Waals surface area contributed by atoms with Crippen LogP contribution in [0.2, 0.25) is 5.02 Å². The van der Waals surface area contributed by atoms with E-state index in [0.29, 0.717) is 11.6 Å². The zero-order chi connectivity index (χ0) is 13.4. The number of aryl methyl sites for hydroxylation is 1. The Bertz CT molecular complexity index is 617. The standard InChI is InChI=1S/C13H15ClN2O2/c1-7-10(14)5-4-8-9(6-16(2)3)12(13(17)18)15-11(7)8/h4-5,15H,6H2,1-3H3,(H,17,18). The van der Waals surface area contributed by atoms with Crippen molar-refractivity contribution in [1.29, 1.82) is 0 Å². The highest BCUT2D eigenvalue weighted by atomic mass is 35.5. The van der Waals surface area contributed by atoms with Crippen molar-refractivity contribution in [2.75, 3.05) is 14.1 Å². The fourth-order valence-corrected chi connectivity index (χ4v) is 2.25. The zero-order valence-electron chi connectivity index (χ0n) is 10.5. The lowest BCUT2D eigenvalue weighted by atomic mass is 10.1. The summed E-state index contributed by atoms with van der Waals surface area (Å²) in [7, 11) is 3.82. The lowest BCUT2D eigenvalue weighted by molar-refractivity contribution is 0.0689. The maximum atomic E-state index is 11.3. The number of carbonyl (C=O) groups is 1. The summed E-state index contributed by atoms with van der Waals surface area (Å²) in [4.78, 5) is 16.2. The van der Waals surface area contributed by atoms with Crippen LogP contribution in [0.3, 0.4) is 0 Å². The zero-order valence-corrected chi connectivity index (χ0v) is 11.3. The summed E-state index contributed by atoms with van der Waals surface area (Å²) >= 11 is 6.06. The number of carboxylic acids is 1. The van der Waals surface area contributed by atoms with Crippen LogP contribution in [-0.2, 0) is 6.54 Å². The highest BCUT2D eigenvalue weighted by Crippen LogP contribution is 2.30. The van der Waals surface area contributed by atoms with Crippen molar-refractivity contribution >= 4 is 28.5 Å². The van der Waals surface area contributed by atoms with Crippen molar-refractivity contribution in [1.82, 2.24) is 9.88 Å². The van der Waals surface area contributed by atoms with Gasteiger partial charge in [0.05, 0.1) is 5.52 Å². The molecule has 0 amide bonds. The van der Waals surface area contributed by atoms with Gasteiger partial charge in [0.15, 0.2) is 0 Å². The van der Waals surface area contributed by atoms with Gasteiger partial charge in [-0.05, 0) is 32.6 Å². The fourth-order valence-electron chi connectivity index (χ4n) is 2.10. The number of nitrogens with zero attached hydrogens (tertiary/aromatic N) is 1. The van der Waals surface area contributed by atoms with Gasteiger partial charge < -0.3 is 15.0 Å². The summed E-state index contributed by atoms with van der Waals surface area (Å²) in [5, 5.41) is 10.8. The second-order valence-corrected chi connectivity index (χ2v) is 5.02. The van der Waals surface area contributed by atoms with Gasteiger partial charge in [0.1, 0.15) is 5.69 Å². The molecule has 0 aliphatic heterocycles. The van der Waals surface area contributed by atoms with Gasteiger partial charge in [-0.1, -0.05) is 17.7 Å². The topological polar surface area (TPSA) is 56.3 Å². The Labute approximate surface area is 110 Å². The Morgan fingerprint density at radius 3 is 2.67 bits per heavy atom. The van der Waals surface area contributed by atoms with Crippen LogP contribution in [0.25, 0.3) is 10.9 Å². The van der Waals surface area contributed by atoms with E-state index >= 15 is 0 Å². The van der Waals surface area contributed by atoms with Crippen molar-refractivity contribution in [2.24, 2.45) is 0 Å². The van der Waals surface area contributed by atoms with Crippen molar-refractivity contribution in [3.8, 4) is 0 Å². The third-order valence-electron chi connectivity index (χ3n) is 2.96. The maximum absolute atomic E-state index is 11.3. The Hall–Kier alpha value is -1.52. The van der Waals surface area contributed by atoms with Gasteiger partial charge in [0.25, 0.3) is 0 Å². The van der Waals surface area contributed by atoms with Crippen LogP contribution in [-0.4, -0.2) is 35.1 Å². The van der Waals surface area contributed by atoms with Crippen LogP contribution in [0.15, 0.2) is 12.1 Å². The number of hydrogen-bond donors (Lipinski definition) is 2. The van der Waals surface area contributed by atoms with Crippen LogP contribution >= 0.6 is 11.6 Å². The van der Waals surface area contributed by atoms with Crippen LogP contribution in [0.5, 0.6) is 0 Å². The van der Waals surface area contributed by atoms with Gasteiger partial charge in [-0.2, -0.15) is 0 Å². The lowest BCUT2D eigenvalue weighted by Crippen LogP contribution is -2.13. The molecule has 18 heavy (non-hydrogen) atoms. The largest absolute Gasteiger partial charge is 0.477 e. The minimum absolute atomic E-state index is 0.240. The molecule has 0 saturated heterocycles. The molecule has 96 valence electrons. The molecule has 0 bridgehead atoms. The second kappa shape index (κ2) is 4.63. The molecule has 0 saturated carbocycles. The highest BCUT2D eigenvalue weighted by Gasteiger charge is 2.19. The summed E-state index contributed by atoms with van der Waals surface area (Å²) in [6.07, 6.45) is 0. The Balaban J connectivity index is 2.75. The van der Waals surface area contributed by atoms with E-state index in [2.05, 4.69) is 4.98 Å². The summed E-state index contributed by atoms with van der Waals surface area (Å²) in [5.74, 6) is -0.946. The van der Waals surface area contributed by atoms with Crippen LogP contribution in [0.1, 0.15) is 21.6 Å². The third kappa shape index (κ3) is 2.09. The fraction of sp³-hybridized carbons (Fsp3) is 0.308. The molecule has 2 rings (SSSR count). The van der Waals surface area contributed by atoms with E-state index in [4.69, 9.17) is 11.6 Å². The number of rotatable bonds is 3. The SMILES string of the molecule is Cc1c(Cl)ccc2c(CN(C)C)c(C(=O)O)[nH]c12. The molecule has 1 heterocycles. The minimum Gasteiger partial charge on any atom is -0.477 e.